The number of ether oxygens (including phenoxy) is 1. The molecule has 254 valence electrons. The van der Waals surface area contributed by atoms with E-state index < -0.39 is 31.0 Å². The average molecular weight is 665 g/mol. The zero-order valence-corrected chi connectivity index (χ0v) is 30.4. The summed E-state index contributed by atoms with van der Waals surface area (Å²) in [6.07, 6.45) is 5.88. The highest BCUT2D eigenvalue weighted by Crippen LogP contribution is 2.38. The van der Waals surface area contributed by atoms with Crippen LogP contribution in [-0.4, -0.2) is 82.1 Å². The van der Waals surface area contributed by atoms with Gasteiger partial charge in [-0.15, -0.1) is 0 Å². The van der Waals surface area contributed by atoms with Crippen molar-refractivity contribution in [1.29, 1.82) is 0 Å². The Balaban J connectivity index is 1.78. The number of morpholine rings is 1. The van der Waals surface area contributed by atoms with Gasteiger partial charge in [0, 0.05) is 56.2 Å². The summed E-state index contributed by atoms with van der Waals surface area (Å²) in [4.78, 5) is 2.80. The topological polar surface area (TPSA) is 101 Å². The third-order valence-corrected chi connectivity index (χ3v) is 13.2. The summed E-state index contributed by atoms with van der Waals surface area (Å²) in [7, 11) is -7.57. The lowest BCUT2D eigenvalue weighted by Gasteiger charge is -2.35. The maximum atomic E-state index is 14.1. The number of hydrogen-bond acceptors (Lipinski definition) is 6. The van der Waals surface area contributed by atoms with Gasteiger partial charge in [0.05, 0.1) is 18.1 Å². The average Bonchev–Trinajstić information content (AvgIpc) is 3.29. The number of rotatable bonds is 11. The molecule has 1 saturated heterocycles. The second-order valence-corrected chi connectivity index (χ2v) is 18.3. The molecule has 45 heavy (non-hydrogen) atoms. The molecule has 0 radical (unpaired) electrons. The Hall–Kier alpha value is -1.76. The normalized spacial score (nSPS) is 18.2. The molecule has 1 aromatic carbocycles. The molecular formula is C34H56N4O5S2. The van der Waals surface area contributed by atoms with E-state index in [1.165, 1.54) is 19.3 Å². The second kappa shape index (κ2) is 14.2. The van der Waals surface area contributed by atoms with Crippen molar-refractivity contribution < 1.29 is 21.6 Å². The summed E-state index contributed by atoms with van der Waals surface area (Å²) in [5, 5.41) is 0. The van der Waals surface area contributed by atoms with E-state index in [-0.39, 0.29) is 4.90 Å². The Bertz CT molecular complexity index is 1520. The first-order chi connectivity index (χ1) is 21.0. The molecule has 0 atom stereocenters. The molecule has 1 aromatic heterocycles. The minimum absolute atomic E-state index is 0.286. The van der Waals surface area contributed by atoms with Gasteiger partial charge in [-0.1, -0.05) is 53.0 Å². The van der Waals surface area contributed by atoms with Gasteiger partial charge in [0.2, 0.25) is 20.0 Å². The molecule has 0 amide bonds. The lowest BCUT2D eigenvalue weighted by molar-refractivity contribution is 0.0390. The molecule has 0 spiro atoms. The molecule has 0 bridgehead atoms. The second-order valence-electron chi connectivity index (χ2n) is 14.7. The molecule has 2 heterocycles. The van der Waals surface area contributed by atoms with Crippen molar-refractivity contribution in [3.05, 3.63) is 35.5 Å². The first-order valence-electron chi connectivity index (χ1n) is 16.6. The van der Waals surface area contributed by atoms with E-state index in [1.54, 1.807) is 16.4 Å². The molecule has 1 aliphatic carbocycles. The van der Waals surface area contributed by atoms with Crippen LogP contribution in [0, 0.1) is 12.8 Å². The number of benzene rings is 1. The van der Waals surface area contributed by atoms with Gasteiger partial charge in [0.25, 0.3) is 0 Å². The van der Waals surface area contributed by atoms with E-state index in [4.69, 9.17) is 4.74 Å². The van der Waals surface area contributed by atoms with E-state index in [0.717, 1.165) is 49.3 Å². The lowest BCUT2D eigenvalue weighted by Crippen LogP contribution is -2.45. The molecule has 2 aromatic rings. The Morgan fingerprint density at radius 3 is 2.16 bits per heavy atom. The molecule has 0 unspecified atom stereocenters. The number of nitrogens with one attached hydrogen (secondary N) is 1. The quantitative estimate of drug-likeness (QED) is 0.328. The third kappa shape index (κ3) is 8.40. The molecule has 1 aliphatic heterocycles. The summed E-state index contributed by atoms with van der Waals surface area (Å²) in [5.41, 5.74) is 2.02. The van der Waals surface area contributed by atoms with Crippen LogP contribution >= 0.6 is 0 Å². The maximum absolute atomic E-state index is 14.1. The van der Waals surface area contributed by atoms with Gasteiger partial charge in [0.1, 0.15) is 4.90 Å². The first-order valence-corrected chi connectivity index (χ1v) is 19.6. The van der Waals surface area contributed by atoms with E-state index in [2.05, 4.69) is 14.2 Å². The molecule has 2 fully saturated rings. The minimum atomic E-state index is -3.79. The summed E-state index contributed by atoms with van der Waals surface area (Å²) in [5.74, 6) is 0.472. The van der Waals surface area contributed by atoms with E-state index in [0.29, 0.717) is 49.4 Å². The molecule has 11 heteroatoms. The number of sulfonamides is 2. The first kappa shape index (κ1) is 36.1. The number of nitrogens with zero attached hydrogens (tertiary/aromatic N) is 3. The standard InChI is InChI=1S/C34H56N4O5S2/c1-9-38(34(6,7)8)45(41,42)31-16-15-28(23-29(31)33(3,4)5)30-24-32(26(2)37(30)25-27-13-11-10-12-14-27)44(39,40)35-17-18-36-19-21-43-22-20-36/h15-16,23-24,27,35H,9-14,17-22,25H2,1-8H3. The summed E-state index contributed by atoms with van der Waals surface area (Å²) < 4.78 is 67.6. The molecule has 9 nitrogen and oxygen atoms in total. The number of aromatic nitrogens is 1. The highest BCUT2D eigenvalue weighted by molar-refractivity contribution is 7.89. The summed E-state index contributed by atoms with van der Waals surface area (Å²) >= 11 is 0. The largest absolute Gasteiger partial charge is 0.379 e. The van der Waals surface area contributed by atoms with E-state index in [1.807, 2.05) is 67.5 Å². The molecule has 1 N–H and O–H groups in total. The van der Waals surface area contributed by atoms with Crippen LogP contribution in [0.25, 0.3) is 11.3 Å². The van der Waals surface area contributed by atoms with Crippen molar-refractivity contribution >= 4 is 20.0 Å². The highest BCUT2D eigenvalue weighted by atomic mass is 32.2. The Morgan fingerprint density at radius 1 is 0.933 bits per heavy atom. The zero-order valence-electron chi connectivity index (χ0n) is 28.8. The van der Waals surface area contributed by atoms with Gasteiger partial charge in [-0.2, -0.15) is 4.31 Å². The molecule has 1 saturated carbocycles. The Kier molecular flexibility index (Phi) is 11.4. The fraction of sp³-hybridized carbons (Fsp3) is 0.706. The van der Waals surface area contributed by atoms with Gasteiger partial charge in [-0.3, -0.25) is 4.90 Å². The van der Waals surface area contributed by atoms with Gasteiger partial charge in [-0.25, -0.2) is 21.6 Å². The van der Waals surface area contributed by atoms with Crippen LogP contribution in [0.4, 0.5) is 0 Å². The smallest absolute Gasteiger partial charge is 0.243 e. The molecule has 2 aliphatic rings. The monoisotopic (exact) mass is 664 g/mol. The fourth-order valence-electron chi connectivity index (χ4n) is 6.86. The molecule has 4 rings (SSSR count). The zero-order chi connectivity index (χ0) is 33.2. The Morgan fingerprint density at radius 2 is 1.58 bits per heavy atom. The van der Waals surface area contributed by atoms with Gasteiger partial charge in [0.15, 0.2) is 0 Å². The van der Waals surface area contributed by atoms with Gasteiger partial charge < -0.3 is 9.30 Å². The van der Waals surface area contributed by atoms with E-state index in [9.17, 15) is 16.8 Å². The van der Waals surface area contributed by atoms with Gasteiger partial charge >= 0.3 is 0 Å². The number of hydrogen-bond donors (Lipinski definition) is 1. The molecular weight excluding hydrogens is 609 g/mol. The highest BCUT2D eigenvalue weighted by Gasteiger charge is 2.36. The van der Waals surface area contributed by atoms with Crippen molar-refractivity contribution in [3.8, 4) is 11.3 Å². The van der Waals surface area contributed by atoms with Crippen LogP contribution < -0.4 is 4.72 Å². The van der Waals surface area contributed by atoms with Crippen molar-refractivity contribution in [2.24, 2.45) is 5.92 Å². The van der Waals surface area contributed by atoms with Crippen molar-refractivity contribution in [2.45, 2.75) is 115 Å². The van der Waals surface area contributed by atoms with Crippen LogP contribution in [0.1, 0.15) is 91.8 Å². The Labute approximate surface area is 272 Å². The SMILES string of the molecule is CCN(C(C)(C)C)S(=O)(=O)c1ccc(-c2cc(S(=O)(=O)NCCN3CCOCC3)c(C)n2CC2CCCCC2)cc1C(C)(C)C. The van der Waals surface area contributed by atoms with Crippen molar-refractivity contribution in [1.82, 2.24) is 18.5 Å². The predicted molar refractivity (Wildman–Crippen MR) is 182 cm³/mol. The van der Waals surface area contributed by atoms with Crippen LogP contribution in [0.2, 0.25) is 0 Å². The van der Waals surface area contributed by atoms with Crippen LogP contribution in [-0.2, 0) is 36.7 Å². The van der Waals surface area contributed by atoms with Crippen LogP contribution in [0.5, 0.6) is 0 Å². The van der Waals surface area contributed by atoms with Gasteiger partial charge in [-0.05, 0) is 81.2 Å². The van der Waals surface area contributed by atoms with Crippen molar-refractivity contribution in [2.75, 3.05) is 45.9 Å². The third-order valence-electron chi connectivity index (χ3n) is 9.29. The fourth-order valence-corrected chi connectivity index (χ4v) is 10.3. The predicted octanol–water partition coefficient (Wildman–Crippen LogP) is 5.76. The summed E-state index contributed by atoms with van der Waals surface area (Å²) in [6.45, 7) is 20.6. The van der Waals surface area contributed by atoms with E-state index >= 15 is 0 Å². The van der Waals surface area contributed by atoms with Crippen LogP contribution in [0.3, 0.4) is 0 Å². The van der Waals surface area contributed by atoms with Crippen molar-refractivity contribution in [3.63, 3.8) is 0 Å². The maximum Gasteiger partial charge on any atom is 0.243 e. The lowest BCUT2D eigenvalue weighted by atomic mass is 9.85. The summed E-state index contributed by atoms with van der Waals surface area (Å²) in [6, 6.07) is 7.34. The minimum Gasteiger partial charge on any atom is -0.379 e. The van der Waals surface area contributed by atoms with Crippen LogP contribution in [0.15, 0.2) is 34.1 Å².